The van der Waals surface area contributed by atoms with Crippen LogP contribution in [0.15, 0.2) is 60.7 Å². The van der Waals surface area contributed by atoms with Gasteiger partial charge in [-0.1, -0.05) is 42.5 Å². The average Bonchev–Trinajstić information content (AvgIpc) is 2.68. The molecule has 2 N–H and O–H groups in total. The Balaban J connectivity index is 1.78. The van der Waals surface area contributed by atoms with E-state index in [4.69, 9.17) is 0 Å². The van der Waals surface area contributed by atoms with E-state index in [0.717, 1.165) is 17.7 Å². The molecule has 1 heterocycles. The minimum atomic E-state index is -4.44. The lowest BCUT2D eigenvalue weighted by Crippen LogP contribution is -2.40. The molecule has 0 bridgehead atoms. The number of halogens is 3. The molecule has 0 fully saturated rings. The second-order valence-corrected chi connectivity index (χ2v) is 7.17. The molecule has 0 radical (unpaired) electrons. The number of nitrogens with zero attached hydrogens (tertiary/aromatic N) is 1. The Kier molecular flexibility index (Phi) is 6.10. The predicted octanol–water partition coefficient (Wildman–Crippen LogP) is 5.23. The van der Waals surface area contributed by atoms with Crippen molar-refractivity contribution in [1.82, 2.24) is 4.90 Å². The topological polar surface area (TPSA) is 43.7 Å². The molecule has 3 atom stereocenters. The van der Waals surface area contributed by atoms with Crippen molar-refractivity contribution in [2.45, 2.75) is 44.1 Å². The van der Waals surface area contributed by atoms with Gasteiger partial charge in [0, 0.05) is 24.2 Å². The van der Waals surface area contributed by atoms with Gasteiger partial charge in [0.15, 0.2) is 0 Å². The maximum atomic E-state index is 13.0. The summed E-state index contributed by atoms with van der Waals surface area (Å²) in [5.74, 6) is 0.210. The van der Waals surface area contributed by atoms with Gasteiger partial charge in [0.2, 0.25) is 0 Å². The molecule has 0 amide bonds. The van der Waals surface area contributed by atoms with Gasteiger partial charge in [0.05, 0.1) is 11.7 Å². The van der Waals surface area contributed by atoms with E-state index in [1.54, 1.807) is 12.1 Å². The van der Waals surface area contributed by atoms with Crippen molar-refractivity contribution < 1.29 is 23.4 Å². The Morgan fingerprint density at radius 3 is 2.57 bits per heavy atom. The largest absolute Gasteiger partial charge is 0.508 e. The van der Waals surface area contributed by atoms with E-state index in [1.165, 1.54) is 12.1 Å². The average molecular weight is 391 g/mol. The van der Waals surface area contributed by atoms with Crippen LogP contribution >= 0.6 is 0 Å². The Bertz CT molecular complexity index is 835. The summed E-state index contributed by atoms with van der Waals surface area (Å²) in [4.78, 5) is 2.16. The van der Waals surface area contributed by atoms with Crippen LogP contribution in [0.2, 0.25) is 0 Å². The van der Waals surface area contributed by atoms with Gasteiger partial charge in [-0.25, -0.2) is 0 Å². The van der Waals surface area contributed by atoms with Crippen LogP contribution in [0.5, 0.6) is 5.75 Å². The first kappa shape index (κ1) is 20.4. The minimum absolute atomic E-state index is 0.0517. The molecule has 0 saturated carbocycles. The molecule has 3 nitrogen and oxygen atoms in total. The third kappa shape index (κ3) is 4.56. The molecule has 6 heteroatoms. The Hall–Kier alpha value is -2.31. The molecule has 0 saturated heterocycles. The molecule has 2 aromatic carbocycles. The van der Waals surface area contributed by atoms with E-state index in [1.807, 2.05) is 31.2 Å². The quantitative estimate of drug-likeness (QED) is 0.687. The van der Waals surface area contributed by atoms with Crippen LogP contribution in [0.4, 0.5) is 13.2 Å². The fraction of sp³-hybridized carbons (Fsp3) is 0.364. The normalized spacial score (nSPS) is 20.1. The predicted molar refractivity (Wildman–Crippen MR) is 102 cm³/mol. The summed E-state index contributed by atoms with van der Waals surface area (Å²) in [6.07, 6.45) is -0.383. The van der Waals surface area contributed by atoms with E-state index in [0.29, 0.717) is 19.4 Å². The van der Waals surface area contributed by atoms with E-state index < -0.39 is 17.8 Å². The van der Waals surface area contributed by atoms with Gasteiger partial charge in [-0.15, -0.1) is 0 Å². The van der Waals surface area contributed by atoms with Crippen molar-refractivity contribution in [3.05, 3.63) is 77.4 Å². The van der Waals surface area contributed by atoms with Crippen molar-refractivity contribution in [1.29, 1.82) is 0 Å². The number of hydrogen-bond donors (Lipinski definition) is 2. The molecule has 2 aromatic rings. The van der Waals surface area contributed by atoms with Crippen LogP contribution in [0.3, 0.4) is 0 Å². The van der Waals surface area contributed by atoms with Gasteiger partial charge in [-0.2, -0.15) is 13.2 Å². The Morgan fingerprint density at radius 2 is 1.86 bits per heavy atom. The summed E-state index contributed by atoms with van der Waals surface area (Å²) < 4.78 is 38.9. The van der Waals surface area contributed by atoms with Gasteiger partial charge >= 0.3 is 6.18 Å². The number of aliphatic hydroxyl groups is 1. The fourth-order valence-corrected chi connectivity index (χ4v) is 3.78. The fourth-order valence-electron chi connectivity index (χ4n) is 3.78. The van der Waals surface area contributed by atoms with Gasteiger partial charge < -0.3 is 10.2 Å². The summed E-state index contributed by atoms with van der Waals surface area (Å²) in [7, 11) is 0. The summed E-state index contributed by atoms with van der Waals surface area (Å²) in [5, 5.41) is 20.8. The zero-order valence-corrected chi connectivity index (χ0v) is 15.6. The van der Waals surface area contributed by atoms with Crippen molar-refractivity contribution in [2.75, 3.05) is 6.54 Å². The molecule has 1 aliphatic rings. The number of aliphatic hydroxyl groups excluding tert-OH is 1. The van der Waals surface area contributed by atoms with Crippen LogP contribution in [-0.4, -0.2) is 27.7 Å². The number of para-hydroxylation sites is 1. The van der Waals surface area contributed by atoms with Gasteiger partial charge in [-0.3, -0.25) is 4.90 Å². The van der Waals surface area contributed by atoms with E-state index in [2.05, 4.69) is 4.90 Å². The number of aromatic hydroxyl groups is 1. The molecule has 150 valence electrons. The second-order valence-electron chi connectivity index (χ2n) is 7.17. The first-order chi connectivity index (χ1) is 13.3. The maximum absolute atomic E-state index is 13.0. The van der Waals surface area contributed by atoms with Gasteiger partial charge in [-0.05, 0) is 43.5 Å². The standard InChI is InChI=1S/C22H24F3NO2/c1-15(19-10-2-3-11-20(19)27)26-12-5-4-9-18(26)14-21(28)16-7-6-8-17(13-16)22(23,24)25/h2-8,10-11,13,15,18,21,27-28H,9,12,14H2,1H3/t15?,18?,21-/m0/s1. The first-order valence-electron chi connectivity index (χ1n) is 9.31. The number of alkyl halides is 3. The third-order valence-corrected chi connectivity index (χ3v) is 5.34. The number of benzene rings is 2. The first-order valence-corrected chi connectivity index (χ1v) is 9.31. The van der Waals surface area contributed by atoms with Gasteiger partial charge in [0.1, 0.15) is 5.75 Å². The molecular formula is C22H24F3NO2. The SMILES string of the molecule is CC(c1ccccc1O)N1CC=CCC1C[C@H](O)c1cccc(C(F)(F)F)c1. The number of phenols is 1. The second kappa shape index (κ2) is 8.37. The van der Waals surface area contributed by atoms with Crippen LogP contribution < -0.4 is 0 Å². The Labute approximate surface area is 162 Å². The molecule has 1 aliphatic heterocycles. The highest BCUT2D eigenvalue weighted by Gasteiger charge is 2.32. The van der Waals surface area contributed by atoms with Crippen molar-refractivity contribution >= 4 is 0 Å². The highest BCUT2D eigenvalue weighted by atomic mass is 19.4. The highest BCUT2D eigenvalue weighted by Crippen LogP contribution is 2.35. The smallest absolute Gasteiger partial charge is 0.416 e. The molecule has 0 aliphatic carbocycles. The molecule has 0 spiro atoms. The van der Waals surface area contributed by atoms with Crippen LogP contribution in [0.25, 0.3) is 0 Å². The van der Waals surface area contributed by atoms with Crippen molar-refractivity contribution in [2.24, 2.45) is 0 Å². The third-order valence-electron chi connectivity index (χ3n) is 5.34. The minimum Gasteiger partial charge on any atom is -0.508 e. The van der Waals surface area contributed by atoms with Crippen LogP contribution in [0, 0.1) is 0 Å². The van der Waals surface area contributed by atoms with Gasteiger partial charge in [0.25, 0.3) is 0 Å². The number of hydrogen-bond acceptors (Lipinski definition) is 3. The lowest BCUT2D eigenvalue weighted by Gasteiger charge is -2.39. The van der Waals surface area contributed by atoms with E-state index in [9.17, 15) is 23.4 Å². The maximum Gasteiger partial charge on any atom is 0.416 e. The molecule has 2 unspecified atom stereocenters. The van der Waals surface area contributed by atoms with Crippen molar-refractivity contribution in [3.63, 3.8) is 0 Å². The number of rotatable bonds is 5. The monoisotopic (exact) mass is 391 g/mol. The summed E-state index contributed by atoms with van der Waals surface area (Å²) in [6.45, 7) is 2.63. The lowest BCUT2D eigenvalue weighted by molar-refractivity contribution is -0.137. The summed E-state index contributed by atoms with van der Waals surface area (Å²) in [5.41, 5.74) is 0.294. The highest BCUT2D eigenvalue weighted by molar-refractivity contribution is 5.34. The van der Waals surface area contributed by atoms with Crippen LogP contribution in [0.1, 0.15) is 48.6 Å². The van der Waals surface area contributed by atoms with Crippen molar-refractivity contribution in [3.8, 4) is 5.75 Å². The zero-order valence-electron chi connectivity index (χ0n) is 15.6. The lowest BCUT2D eigenvalue weighted by atomic mass is 9.93. The molecule has 0 aromatic heterocycles. The zero-order chi connectivity index (χ0) is 20.3. The molecule has 28 heavy (non-hydrogen) atoms. The van der Waals surface area contributed by atoms with Crippen LogP contribution in [-0.2, 0) is 6.18 Å². The summed E-state index contributed by atoms with van der Waals surface area (Å²) >= 11 is 0. The van der Waals surface area contributed by atoms with E-state index in [-0.39, 0.29) is 23.4 Å². The number of phenolic OH excluding ortho intramolecular Hbond substituents is 1. The Morgan fingerprint density at radius 1 is 1.11 bits per heavy atom. The van der Waals surface area contributed by atoms with E-state index >= 15 is 0 Å². The summed E-state index contributed by atoms with van der Waals surface area (Å²) in [6, 6.07) is 11.8. The molecule has 3 rings (SSSR count). The molecular weight excluding hydrogens is 367 g/mol.